The summed E-state index contributed by atoms with van der Waals surface area (Å²) < 4.78 is 14.9. The molecule has 1 aliphatic rings. The summed E-state index contributed by atoms with van der Waals surface area (Å²) in [6.45, 7) is 3.33. The molecule has 4 heterocycles. The summed E-state index contributed by atoms with van der Waals surface area (Å²) in [4.78, 5) is 12.6. The lowest BCUT2D eigenvalue weighted by molar-refractivity contribution is 0.0792. The fourth-order valence-electron chi connectivity index (χ4n) is 4.24. The quantitative estimate of drug-likeness (QED) is 0.457. The number of likely N-dealkylation sites (tertiary alicyclic amines) is 1. The highest BCUT2D eigenvalue weighted by molar-refractivity contribution is 5.64. The van der Waals surface area contributed by atoms with Gasteiger partial charge in [0.1, 0.15) is 5.82 Å². The summed E-state index contributed by atoms with van der Waals surface area (Å²) in [5, 5.41) is 14.5. The van der Waals surface area contributed by atoms with Gasteiger partial charge in [0.15, 0.2) is 5.65 Å². The fraction of sp³-hybridized carbons (Fsp3) is 0.320. The van der Waals surface area contributed by atoms with Crippen LogP contribution >= 0.6 is 0 Å². The number of fused-ring (bicyclic) bond motifs is 1. The monoisotopic (exact) mass is 446 g/mol. The van der Waals surface area contributed by atoms with Crippen molar-refractivity contribution in [2.45, 2.75) is 32.0 Å². The highest BCUT2D eigenvalue weighted by atomic mass is 19.1. The lowest BCUT2D eigenvalue weighted by atomic mass is 10.1. The molecule has 1 saturated heterocycles. The van der Waals surface area contributed by atoms with Gasteiger partial charge in [-0.3, -0.25) is 4.90 Å². The number of imidazole rings is 1. The van der Waals surface area contributed by atoms with E-state index in [4.69, 9.17) is 5.10 Å². The number of aliphatic hydroxyl groups is 1. The molecule has 170 valence electrons. The lowest BCUT2D eigenvalue weighted by Gasteiger charge is -2.29. The van der Waals surface area contributed by atoms with E-state index in [0.29, 0.717) is 6.54 Å². The minimum absolute atomic E-state index is 0.150. The number of aromatic nitrogens is 4. The second-order valence-electron chi connectivity index (χ2n) is 8.65. The SMILES string of the molecule is CN(Cc1ccc(F)nc1)c1ccc2ncc(-c3ccc(CN4CCC(O)CC4)cc3)n2n1. The average Bonchev–Trinajstić information content (AvgIpc) is 3.26. The van der Waals surface area contributed by atoms with Crippen molar-refractivity contribution in [1.82, 2.24) is 24.5 Å². The minimum Gasteiger partial charge on any atom is -0.393 e. The standard InChI is InChI=1S/C25H27FN6O/c1-30(16-19-4-7-23(26)27-14-19)25-9-8-24-28-15-22(32(24)29-25)20-5-2-18(3-6-20)17-31-12-10-21(33)11-13-31/h2-9,14-15,21,33H,10-13,16-17H2,1H3. The average molecular weight is 447 g/mol. The van der Waals surface area contributed by atoms with Crippen LogP contribution in [-0.4, -0.2) is 55.8 Å². The van der Waals surface area contributed by atoms with Crippen molar-refractivity contribution >= 4 is 11.5 Å². The van der Waals surface area contributed by atoms with Crippen LogP contribution < -0.4 is 4.90 Å². The van der Waals surface area contributed by atoms with Crippen LogP contribution in [0.1, 0.15) is 24.0 Å². The van der Waals surface area contributed by atoms with Crippen LogP contribution in [-0.2, 0) is 13.1 Å². The number of piperidine rings is 1. The van der Waals surface area contributed by atoms with E-state index in [1.165, 1.54) is 11.6 Å². The second-order valence-corrected chi connectivity index (χ2v) is 8.65. The molecule has 33 heavy (non-hydrogen) atoms. The van der Waals surface area contributed by atoms with E-state index < -0.39 is 5.95 Å². The number of halogens is 1. The van der Waals surface area contributed by atoms with E-state index in [-0.39, 0.29) is 6.10 Å². The summed E-state index contributed by atoms with van der Waals surface area (Å²) in [6.07, 6.45) is 4.93. The molecule has 1 aromatic carbocycles. The van der Waals surface area contributed by atoms with Gasteiger partial charge < -0.3 is 10.0 Å². The Labute approximate surface area is 192 Å². The Hall–Kier alpha value is -3.36. The Bertz CT molecular complexity index is 1220. The van der Waals surface area contributed by atoms with Crippen molar-refractivity contribution < 1.29 is 9.50 Å². The Morgan fingerprint density at radius 1 is 0.970 bits per heavy atom. The molecular formula is C25H27FN6O. The van der Waals surface area contributed by atoms with Crippen molar-refractivity contribution in [3.05, 3.63) is 78.0 Å². The first-order valence-corrected chi connectivity index (χ1v) is 11.2. The van der Waals surface area contributed by atoms with Crippen LogP contribution in [0.2, 0.25) is 0 Å². The lowest BCUT2D eigenvalue weighted by Crippen LogP contribution is -2.35. The number of anilines is 1. The topological polar surface area (TPSA) is 69.8 Å². The molecule has 4 aromatic rings. The molecular weight excluding hydrogens is 419 g/mol. The van der Waals surface area contributed by atoms with E-state index in [0.717, 1.165) is 60.8 Å². The van der Waals surface area contributed by atoms with Crippen molar-refractivity contribution in [3.63, 3.8) is 0 Å². The zero-order valence-corrected chi connectivity index (χ0v) is 18.6. The molecule has 5 rings (SSSR count). The van der Waals surface area contributed by atoms with Crippen LogP contribution in [0, 0.1) is 5.95 Å². The van der Waals surface area contributed by atoms with Crippen LogP contribution in [0.5, 0.6) is 0 Å². The van der Waals surface area contributed by atoms with Crippen LogP contribution in [0.25, 0.3) is 16.9 Å². The predicted molar refractivity (Wildman–Crippen MR) is 125 cm³/mol. The predicted octanol–water partition coefficient (Wildman–Crippen LogP) is 3.52. The van der Waals surface area contributed by atoms with Gasteiger partial charge in [-0.25, -0.2) is 14.5 Å². The van der Waals surface area contributed by atoms with E-state index in [1.807, 2.05) is 34.8 Å². The number of benzene rings is 1. The molecule has 0 unspecified atom stereocenters. The Morgan fingerprint density at radius 2 is 1.73 bits per heavy atom. The summed E-state index contributed by atoms with van der Waals surface area (Å²) in [6, 6.07) is 15.5. The number of pyridine rings is 1. The third kappa shape index (κ3) is 4.86. The van der Waals surface area contributed by atoms with Crippen molar-refractivity contribution in [3.8, 4) is 11.3 Å². The molecule has 1 N–H and O–H groups in total. The Balaban J connectivity index is 1.33. The zero-order valence-electron chi connectivity index (χ0n) is 18.6. The van der Waals surface area contributed by atoms with Gasteiger partial charge in [-0.1, -0.05) is 30.3 Å². The number of hydrogen-bond acceptors (Lipinski definition) is 6. The Kier molecular flexibility index (Phi) is 6.02. The maximum Gasteiger partial charge on any atom is 0.212 e. The summed E-state index contributed by atoms with van der Waals surface area (Å²) >= 11 is 0. The first-order valence-electron chi connectivity index (χ1n) is 11.2. The van der Waals surface area contributed by atoms with Gasteiger partial charge in [0.2, 0.25) is 5.95 Å². The summed E-state index contributed by atoms with van der Waals surface area (Å²) in [5.74, 6) is 0.305. The van der Waals surface area contributed by atoms with Gasteiger partial charge >= 0.3 is 0 Å². The molecule has 1 aliphatic heterocycles. The molecule has 0 bridgehead atoms. The molecule has 0 aliphatic carbocycles. The van der Waals surface area contributed by atoms with Crippen LogP contribution in [0.15, 0.2) is 60.9 Å². The normalized spacial score (nSPS) is 15.2. The van der Waals surface area contributed by atoms with Gasteiger partial charge in [-0.2, -0.15) is 4.39 Å². The Morgan fingerprint density at radius 3 is 2.45 bits per heavy atom. The van der Waals surface area contributed by atoms with Gasteiger partial charge in [-0.15, -0.1) is 5.10 Å². The summed E-state index contributed by atoms with van der Waals surface area (Å²) in [5.41, 5.74) is 4.92. The third-order valence-corrected chi connectivity index (χ3v) is 6.16. The minimum atomic E-state index is -0.482. The zero-order chi connectivity index (χ0) is 22.8. The molecule has 7 nitrogen and oxygen atoms in total. The first-order chi connectivity index (χ1) is 16.0. The maximum absolute atomic E-state index is 13.1. The molecule has 3 aromatic heterocycles. The maximum atomic E-state index is 13.1. The van der Waals surface area contributed by atoms with Gasteiger partial charge in [-0.05, 0) is 42.2 Å². The molecule has 0 spiro atoms. The fourth-order valence-corrected chi connectivity index (χ4v) is 4.24. The van der Waals surface area contributed by atoms with E-state index in [2.05, 4.69) is 39.1 Å². The van der Waals surface area contributed by atoms with Gasteiger partial charge in [0.05, 0.1) is 18.0 Å². The van der Waals surface area contributed by atoms with E-state index in [1.54, 1.807) is 12.3 Å². The largest absolute Gasteiger partial charge is 0.393 e. The number of rotatable bonds is 6. The number of hydrogen-bond donors (Lipinski definition) is 1. The van der Waals surface area contributed by atoms with Gasteiger partial charge in [0.25, 0.3) is 0 Å². The number of nitrogens with zero attached hydrogens (tertiary/aromatic N) is 6. The smallest absolute Gasteiger partial charge is 0.212 e. The van der Waals surface area contributed by atoms with Crippen molar-refractivity contribution in [2.24, 2.45) is 0 Å². The molecule has 0 saturated carbocycles. The first kappa shape index (κ1) is 21.5. The number of aliphatic hydroxyl groups excluding tert-OH is 1. The molecule has 8 heteroatoms. The highest BCUT2D eigenvalue weighted by Gasteiger charge is 2.17. The van der Waals surface area contributed by atoms with Gasteiger partial charge in [0, 0.05) is 45.0 Å². The van der Waals surface area contributed by atoms with E-state index in [9.17, 15) is 9.50 Å². The molecule has 0 radical (unpaired) electrons. The molecule has 0 amide bonds. The van der Waals surface area contributed by atoms with Crippen LogP contribution in [0.4, 0.5) is 10.2 Å². The molecule has 0 atom stereocenters. The highest BCUT2D eigenvalue weighted by Crippen LogP contribution is 2.23. The van der Waals surface area contributed by atoms with E-state index >= 15 is 0 Å². The third-order valence-electron chi connectivity index (χ3n) is 6.16. The van der Waals surface area contributed by atoms with Crippen LogP contribution in [0.3, 0.4) is 0 Å². The van der Waals surface area contributed by atoms with Crippen molar-refractivity contribution in [2.75, 3.05) is 25.0 Å². The summed E-state index contributed by atoms with van der Waals surface area (Å²) in [7, 11) is 1.95. The second kappa shape index (κ2) is 9.25. The molecule has 1 fully saturated rings. The van der Waals surface area contributed by atoms with Crippen molar-refractivity contribution in [1.29, 1.82) is 0 Å².